The Morgan fingerprint density at radius 1 is 1.17 bits per heavy atom. The summed E-state index contributed by atoms with van der Waals surface area (Å²) in [5, 5.41) is 3.05. The van der Waals surface area contributed by atoms with E-state index in [0.717, 1.165) is 30.9 Å². The van der Waals surface area contributed by atoms with Gasteiger partial charge in [-0.15, -0.1) is 0 Å². The first-order valence-corrected chi connectivity index (χ1v) is 9.31. The van der Waals surface area contributed by atoms with Crippen LogP contribution in [0.5, 0.6) is 0 Å². The highest BCUT2D eigenvalue weighted by Gasteiger charge is 2.23. The van der Waals surface area contributed by atoms with Crippen molar-refractivity contribution >= 4 is 17.4 Å². The van der Waals surface area contributed by atoms with Crippen molar-refractivity contribution in [2.75, 3.05) is 16.8 Å². The van der Waals surface area contributed by atoms with Gasteiger partial charge >= 0.3 is 0 Å². The Morgan fingerprint density at radius 3 is 2.65 bits per heavy atom. The molecule has 0 spiro atoms. The minimum atomic E-state index is 0.170. The van der Waals surface area contributed by atoms with Gasteiger partial charge in [-0.1, -0.05) is 26.2 Å². The van der Waals surface area contributed by atoms with Gasteiger partial charge in [0.2, 0.25) is 5.91 Å². The van der Waals surface area contributed by atoms with Gasteiger partial charge in [-0.25, -0.2) is 4.98 Å². The first kappa shape index (κ1) is 16.3. The predicted octanol–water partition coefficient (Wildman–Crippen LogP) is 4.37. The van der Waals surface area contributed by atoms with Crippen molar-refractivity contribution in [3.8, 4) is 0 Å². The van der Waals surface area contributed by atoms with E-state index in [9.17, 15) is 4.79 Å². The lowest BCUT2D eigenvalue weighted by Crippen LogP contribution is -2.39. The van der Waals surface area contributed by atoms with Gasteiger partial charge in [-0.3, -0.25) is 4.79 Å². The maximum atomic E-state index is 12.3. The molecular weight excluding hydrogens is 286 g/mol. The molecule has 1 atom stereocenters. The smallest absolute Gasteiger partial charge is 0.227 e. The highest BCUT2D eigenvalue weighted by atomic mass is 16.1. The van der Waals surface area contributed by atoms with Crippen LogP contribution in [0, 0.1) is 5.92 Å². The van der Waals surface area contributed by atoms with Gasteiger partial charge in [0.05, 0.1) is 11.9 Å². The molecule has 1 unspecified atom stereocenters. The summed E-state index contributed by atoms with van der Waals surface area (Å²) < 4.78 is 0. The molecule has 4 heteroatoms. The van der Waals surface area contributed by atoms with Crippen molar-refractivity contribution in [2.45, 2.75) is 70.8 Å². The van der Waals surface area contributed by atoms with Gasteiger partial charge in [0.25, 0.3) is 0 Å². The molecule has 2 heterocycles. The number of aromatic nitrogens is 1. The van der Waals surface area contributed by atoms with Crippen molar-refractivity contribution in [2.24, 2.45) is 5.92 Å². The van der Waals surface area contributed by atoms with Gasteiger partial charge in [0.1, 0.15) is 5.82 Å². The molecule has 1 N–H and O–H groups in total. The van der Waals surface area contributed by atoms with Gasteiger partial charge < -0.3 is 10.2 Å². The topological polar surface area (TPSA) is 45.2 Å². The summed E-state index contributed by atoms with van der Waals surface area (Å²) in [4.78, 5) is 19.3. The fourth-order valence-corrected chi connectivity index (χ4v) is 3.97. The third kappa shape index (κ3) is 4.04. The summed E-state index contributed by atoms with van der Waals surface area (Å²) in [6.45, 7) is 3.35. The van der Waals surface area contributed by atoms with Crippen LogP contribution in [0.25, 0.3) is 0 Å². The number of hydrogen-bond donors (Lipinski definition) is 1. The molecule has 1 saturated heterocycles. The number of amides is 1. The van der Waals surface area contributed by atoms with E-state index >= 15 is 0 Å². The second-order valence-electron chi connectivity index (χ2n) is 6.98. The molecule has 4 nitrogen and oxygen atoms in total. The Bertz CT molecular complexity index is 508. The molecule has 2 aliphatic rings. The number of hydrogen-bond acceptors (Lipinski definition) is 3. The number of rotatable bonds is 4. The van der Waals surface area contributed by atoms with Crippen LogP contribution in [0.1, 0.15) is 64.7 Å². The van der Waals surface area contributed by atoms with Gasteiger partial charge in [0, 0.05) is 18.5 Å². The minimum absolute atomic E-state index is 0.170. The van der Waals surface area contributed by atoms with E-state index in [-0.39, 0.29) is 11.8 Å². The molecule has 0 bridgehead atoms. The lowest BCUT2D eigenvalue weighted by Gasteiger charge is -2.36. The second-order valence-corrected chi connectivity index (χ2v) is 6.98. The Morgan fingerprint density at radius 2 is 1.96 bits per heavy atom. The van der Waals surface area contributed by atoms with E-state index in [1.807, 2.05) is 12.3 Å². The Hall–Kier alpha value is -1.58. The highest BCUT2D eigenvalue weighted by molar-refractivity contribution is 5.92. The monoisotopic (exact) mass is 315 g/mol. The molecular formula is C19H29N3O. The molecule has 1 aliphatic heterocycles. The minimum Gasteiger partial charge on any atom is -0.354 e. The molecule has 0 aromatic carbocycles. The molecule has 1 aromatic heterocycles. The van der Waals surface area contributed by atoms with E-state index in [1.165, 1.54) is 44.9 Å². The number of pyridine rings is 1. The largest absolute Gasteiger partial charge is 0.354 e. The summed E-state index contributed by atoms with van der Waals surface area (Å²) in [5.41, 5.74) is 0.828. The van der Waals surface area contributed by atoms with E-state index < -0.39 is 0 Å². The van der Waals surface area contributed by atoms with Crippen LogP contribution in [-0.2, 0) is 4.79 Å². The van der Waals surface area contributed by atoms with Gasteiger partial charge in [-0.2, -0.15) is 0 Å². The highest BCUT2D eigenvalue weighted by Crippen LogP contribution is 2.27. The van der Waals surface area contributed by atoms with Crippen molar-refractivity contribution in [3.63, 3.8) is 0 Å². The molecule has 1 saturated carbocycles. The number of anilines is 2. The quantitative estimate of drug-likeness (QED) is 0.897. The van der Waals surface area contributed by atoms with Gasteiger partial charge in [-0.05, 0) is 50.7 Å². The predicted molar refractivity (Wildman–Crippen MR) is 94.7 cm³/mol. The number of nitrogens with one attached hydrogen (secondary N) is 1. The second kappa shape index (κ2) is 7.80. The zero-order valence-electron chi connectivity index (χ0n) is 14.3. The lowest BCUT2D eigenvalue weighted by atomic mass is 9.88. The third-order valence-electron chi connectivity index (χ3n) is 5.38. The SMILES string of the molecule is CCC1CCCCN1c1ccc(NC(=O)C2CCCCC2)cn1. The standard InChI is InChI=1S/C19H29N3O/c1-2-17-10-6-7-13-22(17)18-12-11-16(14-20-18)21-19(23)15-8-4-3-5-9-15/h11-12,14-15,17H,2-10,13H2,1H3,(H,21,23). The Kier molecular flexibility index (Phi) is 5.52. The fraction of sp³-hybridized carbons (Fsp3) is 0.684. The summed E-state index contributed by atoms with van der Waals surface area (Å²) in [7, 11) is 0. The summed E-state index contributed by atoms with van der Waals surface area (Å²) in [6, 6.07) is 4.67. The van der Waals surface area contributed by atoms with Gasteiger partial charge in [0.15, 0.2) is 0 Å². The molecule has 0 radical (unpaired) electrons. The Balaban J connectivity index is 1.61. The fourth-order valence-electron chi connectivity index (χ4n) is 3.97. The van der Waals surface area contributed by atoms with Crippen molar-refractivity contribution in [3.05, 3.63) is 18.3 Å². The average Bonchev–Trinajstić information content (AvgIpc) is 2.63. The summed E-state index contributed by atoms with van der Waals surface area (Å²) in [5.74, 6) is 1.41. The van der Waals surface area contributed by atoms with Crippen LogP contribution in [0.3, 0.4) is 0 Å². The van der Waals surface area contributed by atoms with Crippen LogP contribution < -0.4 is 10.2 Å². The Labute approximate surface area is 139 Å². The number of nitrogens with zero attached hydrogens (tertiary/aromatic N) is 2. The lowest BCUT2D eigenvalue weighted by molar-refractivity contribution is -0.120. The third-order valence-corrected chi connectivity index (χ3v) is 5.38. The van der Waals surface area contributed by atoms with Crippen LogP contribution in [0.15, 0.2) is 18.3 Å². The van der Waals surface area contributed by atoms with Crippen molar-refractivity contribution < 1.29 is 4.79 Å². The average molecular weight is 315 g/mol. The van der Waals surface area contributed by atoms with Crippen LogP contribution in [0.4, 0.5) is 11.5 Å². The van der Waals surface area contributed by atoms with Crippen LogP contribution >= 0.6 is 0 Å². The molecule has 2 fully saturated rings. The number of piperidine rings is 1. The van der Waals surface area contributed by atoms with E-state index in [1.54, 1.807) is 0 Å². The molecule has 1 aromatic rings. The molecule has 1 amide bonds. The van der Waals surface area contributed by atoms with Crippen molar-refractivity contribution in [1.29, 1.82) is 0 Å². The maximum Gasteiger partial charge on any atom is 0.227 e. The molecule has 126 valence electrons. The number of carbonyl (C=O) groups is 1. The summed E-state index contributed by atoms with van der Waals surface area (Å²) in [6.07, 6.45) is 12.5. The molecule has 1 aliphatic carbocycles. The van der Waals surface area contributed by atoms with E-state index in [2.05, 4.69) is 28.2 Å². The van der Waals surface area contributed by atoms with Crippen LogP contribution in [0.2, 0.25) is 0 Å². The zero-order valence-corrected chi connectivity index (χ0v) is 14.3. The first-order valence-electron chi connectivity index (χ1n) is 9.31. The normalized spacial score (nSPS) is 22.8. The molecule has 23 heavy (non-hydrogen) atoms. The zero-order chi connectivity index (χ0) is 16.1. The van der Waals surface area contributed by atoms with Crippen molar-refractivity contribution in [1.82, 2.24) is 4.98 Å². The summed E-state index contributed by atoms with van der Waals surface area (Å²) >= 11 is 0. The maximum absolute atomic E-state index is 12.3. The first-order chi connectivity index (χ1) is 11.3. The van der Waals surface area contributed by atoms with Crippen LogP contribution in [-0.4, -0.2) is 23.5 Å². The molecule has 3 rings (SSSR count). The van der Waals surface area contributed by atoms with E-state index in [0.29, 0.717) is 6.04 Å². The number of carbonyl (C=O) groups excluding carboxylic acids is 1. The van der Waals surface area contributed by atoms with E-state index in [4.69, 9.17) is 0 Å².